The minimum absolute atomic E-state index is 0.100. The predicted molar refractivity (Wildman–Crippen MR) is 137 cm³/mol. The largest absolute Gasteiger partial charge is 0.302 e. The predicted octanol–water partition coefficient (Wildman–Crippen LogP) is 5.93. The molecule has 4 rings (SSSR count). The van der Waals surface area contributed by atoms with E-state index in [1.165, 1.54) is 10.9 Å². The van der Waals surface area contributed by atoms with E-state index in [1.807, 2.05) is 23.1 Å². The summed E-state index contributed by atoms with van der Waals surface area (Å²) in [6, 6.07) is 20.9. The Morgan fingerprint density at radius 2 is 1.72 bits per heavy atom. The molecule has 3 aromatic carbocycles. The maximum Gasteiger partial charge on any atom is 0.233 e. The standard InChI is InChI=1S/C27H31N3OS/c1-4-20-14-15-24-25(18-20)32-27(28-24)30(17-16-29(5-2)6-3)26(31)19-22-12-9-11-21-10-7-8-13-23(21)22/h7-15,18H,4-6,16-17,19H2,1-3H3. The van der Waals surface area contributed by atoms with E-state index >= 15 is 0 Å². The molecule has 1 heterocycles. The molecule has 0 aliphatic rings. The summed E-state index contributed by atoms with van der Waals surface area (Å²) in [4.78, 5) is 22.7. The van der Waals surface area contributed by atoms with Crippen LogP contribution in [0.1, 0.15) is 31.9 Å². The van der Waals surface area contributed by atoms with Crippen LogP contribution in [0.3, 0.4) is 0 Å². The first-order valence-electron chi connectivity index (χ1n) is 11.5. The smallest absolute Gasteiger partial charge is 0.233 e. The number of hydrogen-bond donors (Lipinski definition) is 0. The lowest BCUT2D eigenvalue weighted by molar-refractivity contribution is -0.118. The Morgan fingerprint density at radius 3 is 2.50 bits per heavy atom. The first-order valence-corrected chi connectivity index (χ1v) is 12.3. The van der Waals surface area contributed by atoms with Crippen molar-refractivity contribution in [3.63, 3.8) is 0 Å². The number of rotatable bonds is 9. The van der Waals surface area contributed by atoms with Crippen molar-refractivity contribution < 1.29 is 4.79 Å². The first-order chi connectivity index (χ1) is 15.6. The topological polar surface area (TPSA) is 36.4 Å². The van der Waals surface area contributed by atoms with Gasteiger partial charge in [0.1, 0.15) is 0 Å². The Labute approximate surface area is 194 Å². The number of aryl methyl sites for hydroxylation is 1. The van der Waals surface area contributed by atoms with Crippen LogP contribution < -0.4 is 4.90 Å². The number of aromatic nitrogens is 1. The summed E-state index contributed by atoms with van der Waals surface area (Å²) in [5.74, 6) is 0.100. The summed E-state index contributed by atoms with van der Waals surface area (Å²) in [6.07, 6.45) is 1.37. The van der Waals surface area contributed by atoms with Crippen molar-refractivity contribution in [3.05, 3.63) is 71.8 Å². The maximum absolute atomic E-state index is 13.6. The summed E-state index contributed by atoms with van der Waals surface area (Å²) >= 11 is 1.62. The maximum atomic E-state index is 13.6. The van der Waals surface area contributed by atoms with Crippen molar-refractivity contribution in [1.29, 1.82) is 0 Å². The van der Waals surface area contributed by atoms with Crippen molar-refractivity contribution >= 4 is 43.4 Å². The van der Waals surface area contributed by atoms with Crippen LogP contribution >= 0.6 is 11.3 Å². The van der Waals surface area contributed by atoms with Crippen molar-refractivity contribution in [3.8, 4) is 0 Å². The Hall–Kier alpha value is -2.76. The summed E-state index contributed by atoms with van der Waals surface area (Å²) < 4.78 is 1.14. The molecule has 1 aromatic heterocycles. The average molecular weight is 446 g/mol. The van der Waals surface area contributed by atoms with Crippen molar-refractivity contribution in [2.75, 3.05) is 31.1 Å². The highest BCUT2D eigenvalue weighted by Gasteiger charge is 2.21. The van der Waals surface area contributed by atoms with E-state index in [2.05, 4.69) is 68.1 Å². The van der Waals surface area contributed by atoms with Gasteiger partial charge in [-0.05, 0) is 53.5 Å². The van der Waals surface area contributed by atoms with Gasteiger partial charge in [0.05, 0.1) is 16.6 Å². The highest BCUT2D eigenvalue weighted by molar-refractivity contribution is 7.22. The molecule has 0 aliphatic carbocycles. The Morgan fingerprint density at radius 1 is 0.938 bits per heavy atom. The van der Waals surface area contributed by atoms with Gasteiger partial charge in [0, 0.05) is 13.1 Å². The van der Waals surface area contributed by atoms with Gasteiger partial charge in [-0.1, -0.05) is 80.6 Å². The summed E-state index contributed by atoms with van der Waals surface area (Å²) in [6.45, 7) is 9.91. The zero-order valence-corrected chi connectivity index (χ0v) is 20.0. The van der Waals surface area contributed by atoms with Gasteiger partial charge in [0.15, 0.2) is 5.13 Å². The van der Waals surface area contributed by atoms with Crippen LogP contribution in [-0.4, -0.2) is 42.0 Å². The number of benzene rings is 3. The molecule has 0 unspecified atom stereocenters. The lowest BCUT2D eigenvalue weighted by Crippen LogP contribution is -2.39. The normalized spacial score (nSPS) is 11.5. The number of nitrogens with zero attached hydrogens (tertiary/aromatic N) is 3. The molecule has 0 spiro atoms. The molecule has 0 bridgehead atoms. The molecule has 4 aromatic rings. The minimum Gasteiger partial charge on any atom is -0.302 e. The third kappa shape index (κ3) is 4.84. The summed E-state index contributed by atoms with van der Waals surface area (Å²) in [5, 5.41) is 3.11. The van der Waals surface area contributed by atoms with Crippen LogP contribution in [0, 0.1) is 0 Å². The molecule has 0 aliphatic heterocycles. The minimum atomic E-state index is 0.100. The third-order valence-electron chi connectivity index (χ3n) is 6.14. The van der Waals surface area contributed by atoms with Crippen LogP contribution in [0.15, 0.2) is 60.7 Å². The van der Waals surface area contributed by atoms with E-state index in [1.54, 1.807) is 11.3 Å². The number of likely N-dealkylation sites (N-methyl/N-ethyl adjacent to an activating group) is 1. The molecule has 166 valence electrons. The van der Waals surface area contributed by atoms with Gasteiger partial charge in [0.2, 0.25) is 5.91 Å². The number of carbonyl (C=O) groups excluding carboxylic acids is 1. The highest BCUT2D eigenvalue weighted by atomic mass is 32.1. The number of anilines is 1. The van der Waals surface area contributed by atoms with E-state index in [-0.39, 0.29) is 5.91 Å². The van der Waals surface area contributed by atoms with Gasteiger partial charge in [-0.3, -0.25) is 9.69 Å². The molecular formula is C27H31N3OS. The lowest BCUT2D eigenvalue weighted by Gasteiger charge is -2.25. The van der Waals surface area contributed by atoms with Crippen molar-refractivity contribution in [2.45, 2.75) is 33.6 Å². The second-order valence-corrected chi connectivity index (χ2v) is 9.05. The van der Waals surface area contributed by atoms with E-state index in [4.69, 9.17) is 4.98 Å². The first kappa shape index (κ1) is 22.4. The van der Waals surface area contributed by atoms with Crippen LogP contribution in [0.5, 0.6) is 0 Å². The van der Waals surface area contributed by atoms with E-state index < -0.39 is 0 Å². The summed E-state index contributed by atoms with van der Waals surface area (Å²) in [7, 11) is 0. The zero-order valence-electron chi connectivity index (χ0n) is 19.2. The van der Waals surface area contributed by atoms with Gasteiger partial charge >= 0.3 is 0 Å². The summed E-state index contributed by atoms with van der Waals surface area (Å²) in [5.41, 5.74) is 3.33. The van der Waals surface area contributed by atoms with Crippen LogP contribution in [-0.2, 0) is 17.6 Å². The van der Waals surface area contributed by atoms with Gasteiger partial charge < -0.3 is 4.90 Å². The zero-order chi connectivity index (χ0) is 22.5. The molecule has 4 nitrogen and oxygen atoms in total. The number of hydrogen-bond acceptors (Lipinski definition) is 4. The Bertz CT molecular complexity index is 1210. The van der Waals surface area contributed by atoms with E-state index in [0.29, 0.717) is 13.0 Å². The quantitative estimate of drug-likeness (QED) is 0.320. The molecule has 0 atom stereocenters. The van der Waals surface area contributed by atoms with Gasteiger partial charge in [-0.25, -0.2) is 4.98 Å². The van der Waals surface area contributed by atoms with E-state index in [9.17, 15) is 4.79 Å². The van der Waals surface area contributed by atoms with Gasteiger partial charge in [-0.2, -0.15) is 0 Å². The highest BCUT2D eigenvalue weighted by Crippen LogP contribution is 2.30. The molecule has 0 radical (unpaired) electrons. The van der Waals surface area contributed by atoms with Crippen LogP contribution in [0.25, 0.3) is 21.0 Å². The van der Waals surface area contributed by atoms with Gasteiger partial charge in [-0.15, -0.1) is 0 Å². The molecule has 0 saturated heterocycles. The fourth-order valence-corrected chi connectivity index (χ4v) is 5.18. The third-order valence-corrected chi connectivity index (χ3v) is 7.18. The Balaban J connectivity index is 1.66. The number of thiazole rings is 1. The monoisotopic (exact) mass is 445 g/mol. The van der Waals surface area contributed by atoms with Gasteiger partial charge in [0.25, 0.3) is 0 Å². The fraction of sp³-hybridized carbons (Fsp3) is 0.333. The molecule has 0 saturated carbocycles. The molecular weight excluding hydrogens is 414 g/mol. The SMILES string of the molecule is CCc1ccc2nc(N(CCN(CC)CC)C(=O)Cc3cccc4ccccc34)sc2c1. The molecule has 5 heteroatoms. The van der Waals surface area contributed by atoms with Crippen LogP contribution in [0.2, 0.25) is 0 Å². The second-order valence-electron chi connectivity index (χ2n) is 8.04. The molecule has 1 amide bonds. The van der Waals surface area contributed by atoms with Crippen molar-refractivity contribution in [2.24, 2.45) is 0 Å². The molecule has 0 N–H and O–H groups in total. The Kier molecular flexibility index (Phi) is 7.18. The average Bonchev–Trinajstić information content (AvgIpc) is 3.24. The number of carbonyl (C=O) groups is 1. The number of fused-ring (bicyclic) bond motifs is 2. The fourth-order valence-electron chi connectivity index (χ4n) is 4.11. The molecule has 32 heavy (non-hydrogen) atoms. The number of amides is 1. The van der Waals surface area contributed by atoms with E-state index in [0.717, 1.165) is 52.4 Å². The lowest BCUT2D eigenvalue weighted by atomic mass is 10.0. The van der Waals surface area contributed by atoms with Crippen LogP contribution in [0.4, 0.5) is 5.13 Å². The molecule has 0 fully saturated rings. The van der Waals surface area contributed by atoms with Crippen molar-refractivity contribution in [1.82, 2.24) is 9.88 Å². The second kappa shape index (κ2) is 10.2.